The van der Waals surface area contributed by atoms with Crippen LogP contribution in [0.2, 0.25) is 0 Å². The summed E-state index contributed by atoms with van der Waals surface area (Å²) in [4.78, 5) is 11.4. The van der Waals surface area contributed by atoms with Gasteiger partial charge in [-0.05, 0) is 17.7 Å². The highest BCUT2D eigenvalue weighted by Crippen LogP contribution is 2.30. The van der Waals surface area contributed by atoms with Crippen LogP contribution in [0.5, 0.6) is 11.5 Å². The van der Waals surface area contributed by atoms with Gasteiger partial charge in [0.1, 0.15) is 5.92 Å². The highest BCUT2D eigenvalue weighted by atomic mass is 16.5. The minimum atomic E-state index is -0.709. The fourth-order valence-corrected chi connectivity index (χ4v) is 1.53. The number of hydrogen-bond acceptors (Lipinski definition) is 5. The Kier molecular flexibility index (Phi) is 4.78. The van der Waals surface area contributed by atoms with Gasteiger partial charge >= 0.3 is 5.97 Å². The van der Waals surface area contributed by atoms with Crippen LogP contribution in [0.15, 0.2) is 18.2 Å². The Morgan fingerprint density at radius 2 is 1.88 bits per heavy atom. The average molecular weight is 240 g/mol. The molecule has 0 bridgehead atoms. The molecule has 0 aliphatic heterocycles. The molecule has 1 atom stereocenters. The van der Waals surface area contributed by atoms with E-state index >= 15 is 0 Å². The highest BCUT2D eigenvalue weighted by molar-refractivity contribution is 5.78. The van der Waals surface area contributed by atoms with Crippen LogP contribution >= 0.6 is 0 Å². The van der Waals surface area contributed by atoms with Crippen LogP contribution < -0.4 is 9.47 Å². The van der Waals surface area contributed by atoms with Gasteiger partial charge in [0.05, 0.1) is 27.9 Å². The van der Waals surface area contributed by atoms with E-state index in [-0.39, 0.29) is 6.61 Å². The minimum absolute atomic E-state index is 0.317. The highest BCUT2D eigenvalue weighted by Gasteiger charge is 2.21. The standard InChI is InChI=1S/C12H16O5/c1-15-10-5-4-8(6-11(10)16-2)9(7-13)12(14)17-3/h4-6,9,13H,7H2,1-3H3. The van der Waals surface area contributed by atoms with Gasteiger partial charge in [0, 0.05) is 0 Å². The SMILES string of the molecule is COC(=O)C(CO)c1ccc(OC)c(OC)c1. The van der Waals surface area contributed by atoms with Crippen molar-refractivity contribution >= 4 is 5.97 Å². The second kappa shape index (κ2) is 6.10. The second-order valence-corrected chi connectivity index (χ2v) is 3.37. The van der Waals surface area contributed by atoms with E-state index in [1.54, 1.807) is 18.2 Å². The fraction of sp³-hybridized carbons (Fsp3) is 0.417. The zero-order chi connectivity index (χ0) is 12.8. The predicted molar refractivity (Wildman–Crippen MR) is 61.4 cm³/mol. The van der Waals surface area contributed by atoms with Gasteiger partial charge in [-0.25, -0.2) is 0 Å². The van der Waals surface area contributed by atoms with E-state index in [1.165, 1.54) is 21.3 Å². The smallest absolute Gasteiger partial charge is 0.315 e. The summed E-state index contributed by atoms with van der Waals surface area (Å²) in [6.07, 6.45) is 0. The number of aliphatic hydroxyl groups is 1. The lowest BCUT2D eigenvalue weighted by Crippen LogP contribution is -2.17. The topological polar surface area (TPSA) is 65.0 Å². The first-order chi connectivity index (χ1) is 8.17. The van der Waals surface area contributed by atoms with Crippen molar-refractivity contribution in [2.45, 2.75) is 5.92 Å². The van der Waals surface area contributed by atoms with E-state index in [4.69, 9.17) is 9.47 Å². The zero-order valence-electron chi connectivity index (χ0n) is 10.1. The van der Waals surface area contributed by atoms with Crippen LogP contribution in [0.4, 0.5) is 0 Å². The first kappa shape index (κ1) is 13.3. The largest absolute Gasteiger partial charge is 0.493 e. The molecule has 1 rings (SSSR count). The van der Waals surface area contributed by atoms with Gasteiger partial charge in [-0.3, -0.25) is 4.79 Å². The Morgan fingerprint density at radius 1 is 1.24 bits per heavy atom. The molecular formula is C12H16O5. The lowest BCUT2D eigenvalue weighted by molar-refractivity contribution is -0.143. The molecule has 1 aromatic rings. The van der Waals surface area contributed by atoms with Gasteiger partial charge in [0.2, 0.25) is 0 Å². The van der Waals surface area contributed by atoms with Crippen LogP contribution in [0.1, 0.15) is 11.5 Å². The minimum Gasteiger partial charge on any atom is -0.493 e. The molecule has 1 aromatic carbocycles. The van der Waals surface area contributed by atoms with Crippen molar-refractivity contribution in [3.05, 3.63) is 23.8 Å². The molecule has 5 heteroatoms. The molecule has 1 N–H and O–H groups in total. The summed E-state index contributed by atoms with van der Waals surface area (Å²) in [6.45, 7) is -0.317. The number of carbonyl (C=O) groups excluding carboxylic acids is 1. The molecule has 1 unspecified atom stereocenters. The molecule has 0 saturated carbocycles. The Morgan fingerprint density at radius 3 is 2.35 bits per heavy atom. The number of rotatable bonds is 5. The van der Waals surface area contributed by atoms with E-state index in [0.717, 1.165) is 0 Å². The third-order valence-corrected chi connectivity index (χ3v) is 2.48. The van der Waals surface area contributed by atoms with E-state index in [2.05, 4.69) is 4.74 Å². The lowest BCUT2D eigenvalue weighted by atomic mass is 10.00. The Bertz CT molecular complexity index is 388. The molecule has 94 valence electrons. The second-order valence-electron chi connectivity index (χ2n) is 3.37. The monoisotopic (exact) mass is 240 g/mol. The number of benzene rings is 1. The Balaban J connectivity index is 3.09. The first-order valence-electron chi connectivity index (χ1n) is 5.08. The van der Waals surface area contributed by atoms with E-state index in [0.29, 0.717) is 17.1 Å². The van der Waals surface area contributed by atoms with Crippen molar-refractivity contribution < 1.29 is 24.1 Å². The van der Waals surface area contributed by atoms with Crippen LogP contribution in [0.3, 0.4) is 0 Å². The van der Waals surface area contributed by atoms with Crippen LogP contribution in [0, 0.1) is 0 Å². The van der Waals surface area contributed by atoms with E-state index in [9.17, 15) is 9.90 Å². The number of aliphatic hydroxyl groups excluding tert-OH is 1. The van der Waals surface area contributed by atoms with Gasteiger partial charge < -0.3 is 19.3 Å². The van der Waals surface area contributed by atoms with Crippen molar-refractivity contribution in [2.24, 2.45) is 0 Å². The Hall–Kier alpha value is -1.75. The molecular weight excluding hydrogens is 224 g/mol. The van der Waals surface area contributed by atoms with Crippen LogP contribution in [0.25, 0.3) is 0 Å². The number of hydrogen-bond donors (Lipinski definition) is 1. The molecule has 0 fully saturated rings. The lowest BCUT2D eigenvalue weighted by Gasteiger charge is -2.14. The van der Waals surface area contributed by atoms with Crippen molar-refractivity contribution in [3.63, 3.8) is 0 Å². The molecule has 0 aliphatic carbocycles. The van der Waals surface area contributed by atoms with E-state index < -0.39 is 11.9 Å². The molecule has 0 aromatic heterocycles. The molecule has 0 radical (unpaired) electrons. The predicted octanol–water partition coefficient (Wildman–Crippen LogP) is 0.953. The molecule has 17 heavy (non-hydrogen) atoms. The molecule has 0 heterocycles. The van der Waals surface area contributed by atoms with Crippen molar-refractivity contribution in [1.29, 1.82) is 0 Å². The van der Waals surface area contributed by atoms with Crippen molar-refractivity contribution in [3.8, 4) is 11.5 Å². The number of carbonyl (C=O) groups is 1. The summed E-state index contributed by atoms with van der Waals surface area (Å²) in [5, 5.41) is 9.20. The van der Waals surface area contributed by atoms with Gasteiger partial charge in [0.25, 0.3) is 0 Å². The normalized spacial score (nSPS) is 11.8. The summed E-state index contributed by atoms with van der Waals surface area (Å²) in [5.41, 5.74) is 0.622. The number of esters is 1. The third kappa shape index (κ3) is 2.88. The van der Waals surface area contributed by atoms with Crippen molar-refractivity contribution in [1.82, 2.24) is 0 Å². The third-order valence-electron chi connectivity index (χ3n) is 2.48. The Labute approximate surface area is 99.9 Å². The number of ether oxygens (including phenoxy) is 3. The summed E-state index contributed by atoms with van der Waals surface area (Å²) < 4.78 is 14.8. The molecule has 0 spiro atoms. The summed E-state index contributed by atoms with van der Waals surface area (Å²) in [5.74, 6) is -0.121. The van der Waals surface area contributed by atoms with Gasteiger partial charge in [-0.15, -0.1) is 0 Å². The maximum Gasteiger partial charge on any atom is 0.315 e. The molecule has 0 aliphatic rings. The summed E-state index contributed by atoms with van der Waals surface area (Å²) in [7, 11) is 4.32. The molecule has 5 nitrogen and oxygen atoms in total. The first-order valence-corrected chi connectivity index (χ1v) is 5.08. The van der Waals surface area contributed by atoms with Gasteiger partial charge in [0.15, 0.2) is 11.5 Å². The zero-order valence-corrected chi connectivity index (χ0v) is 10.1. The van der Waals surface area contributed by atoms with Gasteiger partial charge in [-0.2, -0.15) is 0 Å². The quantitative estimate of drug-likeness (QED) is 0.776. The van der Waals surface area contributed by atoms with E-state index in [1.807, 2.05) is 0 Å². The maximum atomic E-state index is 11.4. The maximum absolute atomic E-state index is 11.4. The molecule has 0 saturated heterocycles. The van der Waals surface area contributed by atoms with Gasteiger partial charge in [-0.1, -0.05) is 6.07 Å². The van der Waals surface area contributed by atoms with Crippen LogP contribution in [-0.2, 0) is 9.53 Å². The fourth-order valence-electron chi connectivity index (χ4n) is 1.53. The number of methoxy groups -OCH3 is 3. The average Bonchev–Trinajstić information content (AvgIpc) is 2.38. The van der Waals surface area contributed by atoms with Crippen molar-refractivity contribution in [2.75, 3.05) is 27.9 Å². The summed E-state index contributed by atoms with van der Waals surface area (Å²) in [6, 6.07) is 5.02. The molecule has 0 amide bonds. The summed E-state index contributed by atoms with van der Waals surface area (Å²) >= 11 is 0. The van der Waals surface area contributed by atoms with Crippen LogP contribution in [-0.4, -0.2) is 39.0 Å².